The molecular weight excluding hydrogens is 445 g/mol. The Bertz CT molecular complexity index is 1040. The number of aromatic nitrogens is 4. The van der Waals surface area contributed by atoms with Gasteiger partial charge in [-0.15, -0.1) is 21.5 Å². The van der Waals surface area contributed by atoms with Crippen LogP contribution in [0.1, 0.15) is 18.4 Å². The Balaban J connectivity index is 1.46. The van der Waals surface area contributed by atoms with Crippen molar-refractivity contribution >= 4 is 40.1 Å². The van der Waals surface area contributed by atoms with E-state index in [0.717, 1.165) is 0 Å². The van der Waals surface area contributed by atoms with Crippen LogP contribution in [0, 0.1) is 5.82 Å². The van der Waals surface area contributed by atoms with Crippen molar-refractivity contribution in [2.45, 2.75) is 25.1 Å². The highest BCUT2D eigenvalue weighted by atomic mass is 32.2. The van der Waals surface area contributed by atoms with Gasteiger partial charge in [0.2, 0.25) is 5.91 Å². The van der Waals surface area contributed by atoms with Crippen LogP contribution in [0.25, 0.3) is 0 Å². The first kappa shape index (κ1) is 22.7. The van der Waals surface area contributed by atoms with Crippen LogP contribution in [0.15, 0.2) is 34.8 Å². The standard InChI is InChI=1S/C19H20FN5O4S2/c1-3-28-17(27)8-13-10-30-18(21-13)22-16(26)11-31-19-24-23-15(25(19)2)9-29-14-6-4-12(20)5-7-14/h4-7,10H,3,8-9,11H2,1-2H3,(H,21,22,26). The zero-order valence-electron chi connectivity index (χ0n) is 16.8. The molecule has 0 saturated carbocycles. The maximum absolute atomic E-state index is 12.9. The quantitative estimate of drug-likeness (QED) is 0.360. The number of rotatable bonds is 10. The summed E-state index contributed by atoms with van der Waals surface area (Å²) in [5.74, 6) is 0.241. The molecule has 0 aliphatic carbocycles. The van der Waals surface area contributed by atoms with Gasteiger partial charge in [0.15, 0.2) is 16.1 Å². The summed E-state index contributed by atoms with van der Waals surface area (Å²) in [6, 6.07) is 5.69. The maximum atomic E-state index is 12.9. The van der Waals surface area contributed by atoms with Crippen molar-refractivity contribution in [1.82, 2.24) is 19.7 Å². The van der Waals surface area contributed by atoms with Crippen LogP contribution in [0.3, 0.4) is 0 Å². The van der Waals surface area contributed by atoms with E-state index in [1.165, 1.54) is 47.4 Å². The first-order chi connectivity index (χ1) is 14.9. The van der Waals surface area contributed by atoms with Gasteiger partial charge < -0.3 is 19.4 Å². The molecule has 1 N–H and O–H groups in total. The summed E-state index contributed by atoms with van der Waals surface area (Å²) in [7, 11) is 1.77. The van der Waals surface area contributed by atoms with Gasteiger partial charge in [-0.05, 0) is 31.2 Å². The van der Waals surface area contributed by atoms with Crippen molar-refractivity contribution in [1.29, 1.82) is 0 Å². The topological polar surface area (TPSA) is 108 Å². The number of ether oxygens (including phenoxy) is 2. The molecule has 2 heterocycles. The van der Waals surface area contributed by atoms with Gasteiger partial charge in [0.25, 0.3) is 0 Å². The summed E-state index contributed by atoms with van der Waals surface area (Å²) in [6.07, 6.45) is 0.0661. The highest BCUT2D eigenvalue weighted by Crippen LogP contribution is 2.20. The van der Waals surface area contributed by atoms with E-state index in [1.54, 1.807) is 23.9 Å². The van der Waals surface area contributed by atoms with E-state index in [-0.39, 0.29) is 36.5 Å². The summed E-state index contributed by atoms with van der Waals surface area (Å²) in [5, 5.41) is 13.5. The number of amides is 1. The van der Waals surface area contributed by atoms with Gasteiger partial charge in [-0.25, -0.2) is 9.37 Å². The number of thiazole rings is 1. The van der Waals surface area contributed by atoms with Crippen molar-refractivity contribution in [3.8, 4) is 5.75 Å². The molecule has 31 heavy (non-hydrogen) atoms. The summed E-state index contributed by atoms with van der Waals surface area (Å²) < 4.78 is 25.1. The lowest BCUT2D eigenvalue weighted by atomic mass is 10.3. The minimum atomic E-state index is -0.359. The lowest BCUT2D eigenvalue weighted by Crippen LogP contribution is -2.15. The average Bonchev–Trinajstić information content (AvgIpc) is 3.32. The Morgan fingerprint density at radius 1 is 1.26 bits per heavy atom. The van der Waals surface area contributed by atoms with Crippen molar-refractivity contribution in [3.05, 3.63) is 47.0 Å². The second kappa shape index (κ2) is 10.9. The summed E-state index contributed by atoms with van der Waals surface area (Å²) >= 11 is 2.46. The third-order valence-electron chi connectivity index (χ3n) is 3.87. The van der Waals surface area contributed by atoms with Crippen LogP contribution in [0.5, 0.6) is 5.75 Å². The smallest absolute Gasteiger partial charge is 0.311 e. The summed E-state index contributed by atoms with van der Waals surface area (Å²) in [4.78, 5) is 27.9. The lowest BCUT2D eigenvalue weighted by Gasteiger charge is -2.06. The number of carbonyl (C=O) groups excluding carboxylic acids is 2. The van der Waals surface area contributed by atoms with Gasteiger partial charge in [-0.2, -0.15) is 0 Å². The molecule has 0 bridgehead atoms. The highest BCUT2D eigenvalue weighted by molar-refractivity contribution is 7.99. The number of halogens is 1. The molecular formula is C19H20FN5O4S2. The van der Waals surface area contributed by atoms with Crippen molar-refractivity contribution in [3.63, 3.8) is 0 Å². The molecule has 0 saturated heterocycles. The van der Waals surface area contributed by atoms with Gasteiger partial charge >= 0.3 is 5.97 Å². The number of esters is 1. The molecule has 9 nitrogen and oxygen atoms in total. The Labute approximate surface area is 186 Å². The number of benzene rings is 1. The van der Waals surface area contributed by atoms with Gasteiger partial charge in [0.1, 0.15) is 18.2 Å². The minimum Gasteiger partial charge on any atom is -0.486 e. The molecule has 164 valence electrons. The van der Waals surface area contributed by atoms with Crippen molar-refractivity contribution in [2.75, 3.05) is 17.7 Å². The normalized spacial score (nSPS) is 10.7. The number of hydrogen-bond acceptors (Lipinski definition) is 9. The average molecular weight is 466 g/mol. The van der Waals surface area contributed by atoms with Gasteiger partial charge in [-0.1, -0.05) is 11.8 Å². The summed E-state index contributed by atoms with van der Waals surface area (Å²) in [6.45, 7) is 2.21. The van der Waals surface area contributed by atoms with E-state index in [2.05, 4.69) is 20.5 Å². The monoisotopic (exact) mass is 465 g/mol. The van der Waals surface area contributed by atoms with E-state index in [9.17, 15) is 14.0 Å². The zero-order valence-corrected chi connectivity index (χ0v) is 18.5. The first-order valence-electron chi connectivity index (χ1n) is 9.24. The van der Waals surface area contributed by atoms with Gasteiger partial charge in [0, 0.05) is 12.4 Å². The Morgan fingerprint density at radius 3 is 2.77 bits per heavy atom. The highest BCUT2D eigenvalue weighted by Gasteiger charge is 2.14. The second-order valence-corrected chi connectivity index (χ2v) is 7.96. The zero-order chi connectivity index (χ0) is 22.2. The first-order valence-corrected chi connectivity index (χ1v) is 11.1. The molecule has 1 amide bonds. The molecule has 12 heteroatoms. The molecule has 0 atom stereocenters. The van der Waals surface area contributed by atoms with Crippen LogP contribution in [-0.2, 0) is 34.4 Å². The fraction of sp³-hybridized carbons (Fsp3) is 0.316. The lowest BCUT2D eigenvalue weighted by molar-refractivity contribution is -0.142. The Morgan fingerprint density at radius 2 is 2.03 bits per heavy atom. The SMILES string of the molecule is CCOC(=O)Cc1csc(NC(=O)CSc2nnc(COc3ccc(F)cc3)n2C)n1. The Hall–Kier alpha value is -2.99. The van der Waals surface area contributed by atoms with Gasteiger partial charge in [-0.3, -0.25) is 9.59 Å². The fourth-order valence-corrected chi connectivity index (χ4v) is 3.82. The molecule has 2 aromatic heterocycles. The Kier molecular flexibility index (Phi) is 7.95. The molecule has 3 rings (SSSR count). The van der Waals surface area contributed by atoms with Crippen LogP contribution in [0.4, 0.5) is 9.52 Å². The molecule has 0 aliphatic rings. The largest absolute Gasteiger partial charge is 0.486 e. The van der Waals surface area contributed by atoms with E-state index < -0.39 is 0 Å². The van der Waals surface area contributed by atoms with Crippen LogP contribution >= 0.6 is 23.1 Å². The molecule has 0 radical (unpaired) electrons. The number of anilines is 1. The molecule has 0 unspecified atom stereocenters. The molecule has 0 aliphatic heterocycles. The van der Waals surface area contributed by atoms with Crippen molar-refractivity contribution < 1.29 is 23.5 Å². The molecule has 0 spiro atoms. The second-order valence-electron chi connectivity index (χ2n) is 6.16. The van der Waals surface area contributed by atoms with E-state index in [4.69, 9.17) is 9.47 Å². The van der Waals surface area contributed by atoms with E-state index in [1.807, 2.05) is 0 Å². The predicted molar refractivity (Wildman–Crippen MR) is 114 cm³/mol. The molecule has 1 aromatic carbocycles. The third-order valence-corrected chi connectivity index (χ3v) is 5.69. The van der Waals surface area contributed by atoms with Crippen LogP contribution in [0.2, 0.25) is 0 Å². The molecule has 3 aromatic rings. The minimum absolute atomic E-state index is 0.0661. The third kappa shape index (κ3) is 6.76. The maximum Gasteiger partial charge on any atom is 0.311 e. The number of carbonyl (C=O) groups is 2. The summed E-state index contributed by atoms with van der Waals surface area (Å²) in [5.41, 5.74) is 0.547. The predicted octanol–water partition coefficient (Wildman–Crippen LogP) is 2.83. The number of hydrogen-bond donors (Lipinski definition) is 1. The number of thioether (sulfide) groups is 1. The van der Waals surface area contributed by atoms with Crippen molar-refractivity contribution in [2.24, 2.45) is 7.05 Å². The number of nitrogens with one attached hydrogen (secondary N) is 1. The van der Waals surface area contributed by atoms with E-state index in [0.29, 0.717) is 34.2 Å². The van der Waals surface area contributed by atoms with E-state index >= 15 is 0 Å². The van der Waals surface area contributed by atoms with Gasteiger partial charge in [0.05, 0.1) is 24.5 Å². The number of nitrogens with zero attached hydrogens (tertiary/aromatic N) is 4. The molecule has 0 fully saturated rings. The fourth-order valence-electron chi connectivity index (χ4n) is 2.37. The van der Waals surface area contributed by atoms with Crippen LogP contribution < -0.4 is 10.1 Å². The van der Waals surface area contributed by atoms with Crippen LogP contribution in [-0.4, -0.2) is 44.0 Å².